The van der Waals surface area contributed by atoms with Crippen molar-refractivity contribution >= 4 is 5.91 Å². The second-order valence-corrected chi connectivity index (χ2v) is 4.41. The van der Waals surface area contributed by atoms with E-state index in [1.54, 1.807) is 6.92 Å². The Kier molecular flexibility index (Phi) is 3.74. The van der Waals surface area contributed by atoms with E-state index in [0.717, 1.165) is 38.3 Å². The standard InChI is InChI=1S/C13H17FN2O/c1-11(17)16-8-6-15(7-9-16)10-12-2-4-13(14)5-3-12/h2-5H,6-10H2,1H3. The van der Waals surface area contributed by atoms with Crippen LogP contribution in [-0.4, -0.2) is 41.9 Å². The molecule has 0 aliphatic carbocycles. The van der Waals surface area contributed by atoms with Gasteiger partial charge in [-0.15, -0.1) is 0 Å². The van der Waals surface area contributed by atoms with E-state index in [1.165, 1.54) is 12.1 Å². The van der Waals surface area contributed by atoms with E-state index in [4.69, 9.17) is 0 Å². The Labute approximate surface area is 101 Å². The second-order valence-electron chi connectivity index (χ2n) is 4.41. The second kappa shape index (κ2) is 5.27. The smallest absolute Gasteiger partial charge is 0.219 e. The highest BCUT2D eigenvalue weighted by Gasteiger charge is 2.18. The molecule has 0 atom stereocenters. The van der Waals surface area contributed by atoms with Crippen LogP contribution < -0.4 is 0 Å². The van der Waals surface area contributed by atoms with Gasteiger partial charge >= 0.3 is 0 Å². The van der Waals surface area contributed by atoms with Gasteiger partial charge in [0.2, 0.25) is 5.91 Å². The first kappa shape index (κ1) is 12.0. The number of carbonyl (C=O) groups is 1. The number of rotatable bonds is 2. The van der Waals surface area contributed by atoms with Crippen molar-refractivity contribution in [3.05, 3.63) is 35.6 Å². The monoisotopic (exact) mass is 236 g/mol. The topological polar surface area (TPSA) is 23.6 Å². The highest BCUT2D eigenvalue weighted by atomic mass is 19.1. The van der Waals surface area contributed by atoms with E-state index in [1.807, 2.05) is 17.0 Å². The lowest BCUT2D eigenvalue weighted by Gasteiger charge is -2.34. The molecule has 1 aromatic rings. The van der Waals surface area contributed by atoms with Crippen LogP contribution in [0.25, 0.3) is 0 Å². The molecule has 0 unspecified atom stereocenters. The third kappa shape index (κ3) is 3.27. The molecule has 92 valence electrons. The highest BCUT2D eigenvalue weighted by molar-refractivity contribution is 5.73. The summed E-state index contributed by atoms with van der Waals surface area (Å²) < 4.78 is 12.7. The number of halogens is 1. The summed E-state index contributed by atoms with van der Waals surface area (Å²) in [7, 11) is 0. The fraction of sp³-hybridized carbons (Fsp3) is 0.462. The summed E-state index contributed by atoms with van der Waals surface area (Å²) in [5, 5.41) is 0. The SMILES string of the molecule is CC(=O)N1CCN(Cc2ccc(F)cc2)CC1. The maximum Gasteiger partial charge on any atom is 0.219 e. The lowest BCUT2D eigenvalue weighted by Crippen LogP contribution is -2.47. The lowest BCUT2D eigenvalue weighted by molar-refractivity contribution is -0.130. The minimum absolute atomic E-state index is 0.145. The average Bonchev–Trinajstić information content (AvgIpc) is 2.33. The van der Waals surface area contributed by atoms with Gasteiger partial charge in [-0.25, -0.2) is 4.39 Å². The van der Waals surface area contributed by atoms with Crippen LogP contribution >= 0.6 is 0 Å². The first-order valence-corrected chi connectivity index (χ1v) is 5.87. The van der Waals surface area contributed by atoms with Gasteiger partial charge in [-0.05, 0) is 17.7 Å². The van der Waals surface area contributed by atoms with Crippen LogP contribution in [0.15, 0.2) is 24.3 Å². The number of hydrogen-bond donors (Lipinski definition) is 0. The molecule has 0 N–H and O–H groups in total. The summed E-state index contributed by atoms with van der Waals surface area (Å²) >= 11 is 0. The number of nitrogens with zero attached hydrogens (tertiary/aromatic N) is 2. The van der Waals surface area contributed by atoms with Crippen LogP contribution in [0.1, 0.15) is 12.5 Å². The number of benzene rings is 1. The molecular formula is C13H17FN2O. The largest absolute Gasteiger partial charge is 0.340 e. The average molecular weight is 236 g/mol. The van der Waals surface area contributed by atoms with Gasteiger partial charge in [0, 0.05) is 39.6 Å². The Bertz CT molecular complexity index is 383. The molecule has 1 saturated heterocycles. The molecule has 1 aliphatic rings. The summed E-state index contributed by atoms with van der Waals surface area (Å²) in [6, 6.07) is 6.60. The Balaban J connectivity index is 1.85. The zero-order valence-corrected chi connectivity index (χ0v) is 10.0. The molecule has 0 bridgehead atoms. The van der Waals surface area contributed by atoms with Crippen LogP contribution in [0.3, 0.4) is 0 Å². The van der Waals surface area contributed by atoms with Gasteiger partial charge in [0.1, 0.15) is 5.82 Å². The molecule has 1 aromatic carbocycles. The van der Waals surface area contributed by atoms with Gasteiger partial charge in [-0.3, -0.25) is 9.69 Å². The molecule has 17 heavy (non-hydrogen) atoms. The summed E-state index contributed by atoms with van der Waals surface area (Å²) in [6.07, 6.45) is 0. The molecule has 2 rings (SSSR count). The van der Waals surface area contributed by atoms with Gasteiger partial charge in [-0.2, -0.15) is 0 Å². The van der Waals surface area contributed by atoms with Crippen molar-refractivity contribution in [2.75, 3.05) is 26.2 Å². The Hall–Kier alpha value is -1.42. The zero-order chi connectivity index (χ0) is 12.3. The molecule has 0 aromatic heterocycles. The van der Waals surface area contributed by atoms with Crippen LogP contribution in [0.4, 0.5) is 4.39 Å². The maximum absolute atomic E-state index is 12.7. The molecule has 1 aliphatic heterocycles. The van der Waals surface area contributed by atoms with Gasteiger partial charge < -0.3 is 4.90 Å². The molecule has 1 amide bonds. The number of amides is 1. The van der Waals surface area contributed by atoms with Crippen molar-refractivity contribution in [2.24, 2.45) is 0 Å². The number of carbonyl (C=O) groups excluding carboxylic acids is 1. The van der Waals surface area contributed by atoms with Crippen molar-refractivity contribution in [3.63, 3.8) is 0 Å². The summed E-state index contributed by atoms with van der Waals surface area (Å²) in [5.74, 6) is -0.0541. The Morgan fingerprint density at radius 3 is 2.29 bits per heavy atom. The molecule has 0 spiro atoms. The van der Waals surface area contributed by atoms with E-state index in [2.05, 4.69) is 4.90 Å². The molecule has 4 heteroatoms. The minimum atomic E-state index is -0.199. The number of hydrogen-bond acceptors (Lipinski definition) is 2. The van der Waals surface area contributed by atoms with Gasteiger partial charge in [0.05, 0.1) is 0 Å². The van der Waals surface area contributed by atoms with Crippen molar-refractivity contribution in [3.8, 4) is 0 Å². The Morgan fingerprint density at radius 2 is 1.76 bits per heavy atom. The van der Waals surface area contributed by atoms with Crippen LogP contribution in [-0.2, 0) is 11.3 Å². The third-order valence-corrected chi connectivity index (χ3v) is 3.14. The van der Waals surface area contributed by atoms with Crippen molar-refractivity contribution in [2.45, 2.75) is 13.5 Å². The zero-order valence-electron chi connectivity index (χ0n) is 10.0. The van der Waals surface area contributed by atoms with E-state index in [9.17, 15) is 9.18 Å². The predicted octanol–water partition coefficient (Wildman–Crippen LogP) is 1.49. The third-order valence-electron chi connectivity index (χ3n) is 3.14. The minimum Gasteiger partial charge on any atom is -0.340 e. The fourth-order valence-corrected chi connectivity index (χ4v) is 2.07. The normalized spacial score (nSPS) is 17.2. The molecule has 0 saturated carbocycles. The summed E-state index contributed by atoms with van der Waals surface area (Å²) in [5.41, 5.74) is 1.11. The molecule has 1 fully saturated rings. The highest BCUT2D eigenvalue weighted by Crippen LogP contribution is 2.09. The van der Waals surface area contributed by atoms with Gasteiger partial charge in [0.25, 0.3) is 0 Å². The van der Waals surface area contributed by atoms with Crippen molar-refractivity contribution < 1.29 is 9.18 Å². The van der Waals surface area contributed by atoms with Crippen LogP contribution in [0.5, 0.6) is 0 Å². The predicted molar refractivity (Wildman–Crippen MR) is 63.9 cm³/mol. The van der Waals surface area contributed by atoms with Gasteiger partial charge in [0.15, 0.2) is 0 Å². The number of piperazine rings is 1. The van der Waals surface area contributed by atoms with Crippen molar-refractivity contribution in [1.82, 2.24) is 9.80 Å². The van der Waals surface area contributed by atoms with Crippen LogP contribution in [0, 0.1) is 5.82 Å². The van der Waals surface area contributed by atoms with E-state index in [-0.39, 0.29) is 11.7 Å². The van der Waals surface area contributed by atoms with E-state index >= 15 is 0 Å². The molecule has 3 nitrogen and oxygen atoms in total. The maximum atomic E-state index is 12.7. The summed E-state index contributed by atoms with van der Waals surface area (Å²) in [4.78, 5) is 15.3. The molecule has 1 heterocycles. The quantitative estimate of drug-likeness (QED) is 0.776. The summed E-state index contributed by atoms with van der Waals surface area (Å²) in [6.45, 7) is 5.78. The van der Waals surface area contributed by atoms with E-state index < -0.39 is 0 Å². The molecule has 0 radical (unpaired) electrons. The first-order valence-electron chi connectivity index (χ1n) is 5.87. The van der Waals surface area contributed by atoms with Crippen molar-refractivity contribution in [1.29, 1.82) is 0 Å². The van der Waals surface area contributed by atoms with Gasteiger partial charge in [-0.1, -0.05) is 12.1 Å². The fourth-order valence-electron chi connectivity index (χ4n) is 2.07. The van der Waals surface area contributed by atoms with E-state index in [0.29, 0.717) is 0 Å². The van der Waals surface area contributed by atoms with Crippen LogP contribution in [0.2, 0.25) is 0 Å². The first-order chi connectivity index (χ1) is 8.15. The Morgan fingerprint density at radius 1 is 1.18 bits per heavy atom. The lowest BCUT2D eigenvalue weighted by atomic mass is 10.2. The molecular weight excluding hydrogens is 219 g/mol.